The highest BCUT2D eigenvalue weighted by Crippen LogP contribution is 2.38. The van der Waals surface area contributed by atoms with Crippen LogP contribution in [0.1, 0.15) is 69.3 Å². The van der Waals surface area contributed by atoms with E-state index in [-0.39, 0.29) is 35.7 Å². The molecule has 1 aromatic rings. The number of halogens is 2. The van der Waals surface area contributed by atoms with Crippen molar-refractivity contribution in [3.05, 3.63) is 40.7 Å². The molecule has 168 valence electrons. The fourth-order valence-electron chi connectivity index (χ4n) is 4.67. The first-order valence-electron chi connectivity index (χ1n) is 11.1. The number of carbonyl (C=O) groups excluding carboxylic acids is 1. The molecule has 0 aromatic carbocycles. The van der Waals surface area contributed by atoms with E-state index in [9.17, 15) is 13.6 Å². The number of fused-ring (bicyclic) bond motifs is 1. The second-order valence-corrected chi connectivity index (χ2v) is 9.45. The third-order valence-electron chi connectivity index (χ3n) is 6.05. The highest BCUT2D eigenvalue weighted by Gasteiger charge is 2.39. The topological polar surface area (TPSA) is 67.3 Å². The highest BCUT2D eigenvalue weighted by atomic mass is 19.1. The van der Waals surface area contributed by atoms with Gasteiger partial charge in [-0.3, -0.25) is 0 Å². The van der Waals surface area contributed by atoms with Crippen molar-refractivity contribution in [2.45, 2.75) is 70.4 Å². The van der Waals surface area contributed by atoms with Crippen LogP contribution in [0.5, 0.6) is 0 Å². The SMILES string of the molecule is CC(C)(C)OC(=O)N1CCNCC1C1CCCc2cc(C3=C(F)CCC=C3F)nnc21. The number of hydrogen-bond acceptors (Lipinski definition) is 5. The van der Waals surface area contributed by atoms with Crippen LogP contribution in [0.15, 0.2) is 23.8 Å². The second kappa shape index (κ2) is 8.65. The third-order valence-corrected chi connectivity index (χ3v) is 6.05. The van der Waals surface area contributed by atoms with Gasteiger partial charge >= 0.3 is 6.09 Å². The van der Waals surface area contributed by atoms with Crippen molar-refractivity contribution in [3.63, 3.8) is 0 Å². The Morgan fingerprint density at radius 2 is 2.06 bits per heavy atom. The normalized spacial score (nSPS) is 24.5. The van der Waals surface area contributed by atoms with E-state index >= 15 is 0 Å². The number of carbonyl (C=O) groups is 1. The Morgan fingerprint density at radius 3 is 2.81 bits per heavy atom. The van der Waals surface area contributed by atoms with Gasteiger partial charge in [0.15, 0.2) is 0 Å². The van der Waals surface area contributed by atoms with Gasteiger partial charge in [-0.05, 0) is 64.2 Å². The summed E-state index contributed by atoms with van der Waals surface area (Å²) in [4.78, 5) is 14.7. The smallest absolute Gasteiger partial charge is 0.410 e. The molecule has 0 spiro atoms. The van der Waals surface area contributed by atoms with E-state index in [4.69, 9.17) is 4.74 Å². The van der Waals surface area contributed by atoms with E-state index in [1.165, 1.54) is 6.08 Å². The first-order valence-corrected chi connectivity index (χ1v) is 11.1. The molecule has 2 aliphatic carbocycles. The molecular formula is C23H30F2N4O2. The third kappa shape index (κ3) is 4.63. The van der Waals surface area contributed by atoms with Crippen molar-refractivity contribution in [2.24, 2.45) is 0 Å². The highest BCUT2D eigenvalue weighted by molar-refractivity contribution is 5.77. The van der Waals surface area contributed by atoms with Crippen LogP contribution in [0.3, 0.4) is 0 Å². The van der Waals surface area contributed by atoms with Crippen molar-refractivity contribution < 1.29 is 18.3 Å². The van der Waals surface area contributed by atoms with Crippen LogP contribution in [0.4, 0.5) is 13.6 Å². The van der Waals surface area contributed by atoms with Gasteiger partial charge in [-0.1, -0.05) is 0 Å². The number of aryl methyl sites for hydroxylation is 1. The molecule has 1 aromatic heterocycles. The standard InChI is InChI=1S/C23H30F2N4O2/c1-23(2,3)31-22(30)29-11-10-26-13-19(29)15-7-4-6-14-12-18(27-28-21(14)15)20-16(24)8-5-9-17(20)25/h8,12,15,19,26H,4-7,9-11,13H2,1-3H3. The van der Waals surface area contributed by atoms with Gasteiger partial charge in [0.25, 0.3) is 0 Å². The molecule has 3 aliphatic rings. The second-order valence-electron chi connectivity index (χ2n) is 9.45. The van der Waals surface area contributed by atoms with E-state index < -0.39 is 17.3 Å². The molecule has 1 fully saturated rings. The van der Waals surface area contributed by atoms with E-state index in [1.807, 2.05) is 20.8 Å². The lowest BCUT2D eigenvalue weighted by Gasteiger charge is -2.42. The summed E-state index contributed by atoms with van der Waals surface area (Å²) in [5.41, 5.74) is 1.38. The number of ether oxygens (including phenoxy) is 1. The molecule has 0 radical (unpaired) electrons. The Balaban J connectivity index is 1.63. The van der Waals surface area contributed by atoms with Crippen molar-refractivity contribution in [3.8, 4) is 0 Å². The van der Waals surface area contributed by atoms with Gasteiger partial charge in [-0.2, -0.15) is 10.2 Å². The fraction of sp³-hybridized carbons (Fsp3) is 0.609. The summed E-state index contributed by atoms with van der Waals surface area (Å²) in [6.07, 6.45) is 4.19. The molecule has 31 heavy (non-hydrogen) atoms. The number of rotatable bonds is 2. The van der Waals surface area contributed by atoms with Crippen molar-refractivity contribution in [2.75, 3.05) is 19.6 Å². The lowest BCUT2D eigenvalue weighted by molar-refractivity contribution is 0.00784. The Morgan fingerprint density at radius 1 is 1.26 bits per heavy atom. The molecule has 4 rings (SSSR count). The summed E-state index contributed by atoms with van der Waals surface area (Å²) >= 11 is 0. The average Bonchev–Trinajstić information content (AvgIpc) is 2.72. The van der Waals surface area contributed by atoms with Gasteiger partial charge in [0.05, 0.1) is 23.0 Å². The number of allylic oxidation sites excluding steroid dienone is 4. The minimum atomic E-state index is -0.571. The molecule has 2 atom stereocenters. The van der Waals surface area contributed by atoms with Crippen molar-refractivity contribution in [1.29, 1.82) is 0 Å². The molecular weight excluding hydrogens is 402 g/mol. The molecule has 2 unspecified atom stereocenters. The predicted octanol–water partition coefficient (Wildman–Crippen LogP) is 4.43. The number of hydrogen-bond donors (Lipinski definition) is 1. The Labute approximate surface area is 181 Å². The van der Waals surface area contributed by atoms with Crippen LogP contribution in [0, 0.1) is 0 Å². The maximum absolute atomic E-state index is 14.3. The quantitative estimate of drug-likeness (QED) is 0.749. The zero-order valence-corrected chi connectivity index (χ0v) is 18.4. The monoisotopic (exact) mass is 432 g/mol. The van der Waals surface area contributed by atoms with E-state index in [1.54, 1.807) is 11.0 Å². The van der Waals surface area contributed by atoms with Crippen LogP contribution in [0.25, 0.3) is 5.57 Å². The Hall–Kier alpha value is -2.35. The summed E-state index contributed by atoms with van der Waals surface area (Å²) < 4.78 is 34.2. The molecule has 0 saturated carbocycles. The summed E-state index contributed by atoms with van der Waals surface area (Å²) in [7, 11) is 0. The maximum Gasteiger partial charge on any atom is 0.410 e. The number of nitrogens with zero attached hydrogens (tertiary/aromatic N) is 3. The van der Waals surface area contributed by atoms with Crippen LogP contribution < -0.4 is 5.32 Å². The number of amides is 1. The molecule has 0 bridgehead atoms. The first-order chi connectivity index (χ1) is 14.7. The van der Waals surface area contributed by atoms with Crippen LogP contribution in [-0.4, -0.2) is 52.5 Å². The molecule has 1 saturated heterocycles. The fourth-order valence-corrected chi connectivity index (χ4v) is 4.67. The zero-order valence-electron chi connectivity index (χ0n) is 18.4. The molecule has 1 N–H and O–H groups in total. The Kier molecular flexibility index (Phi) is 6.10. The van der Waals surface area contributed by atoms with Gasteiger partial charge in [0.2, 0.25) is 0 Å². The summed E-state index contributed by atoms with van der Waals surface area (Å²) in [5.74, 6) is -1.05. The van der Waals surface area contributed by atoms with E-state index in [0.717, 1.165) is 30.5 Å². The molecule has 1 amide bonds. The van der Waals surface area contributed by atoms with Crippen LogP contribution in [-0.2, 0) is 11.2 Å². The minimum absolute atomic E-state index is 0.00353. The zero-order chi connectivity index (χ0) is 22.2. The summed E-state index contributed by atoms with van der Waals surface area (Å²) in [6, 6.07) is 1.67. The van der Waals surface area contributed by atoms with E-state index in [0.29, 0.717) is 26.1 Å². The minimum Gasteiger partial charge on any atom is -0.444 e. The van der Waals surface area contributed by atoms with Gasteiger partial charge in [-0.25, -0.2) is 13.6 Å². The van der Waals surface area contributed by atoms with Gasteiger partial charge in [0, 0.05) is 32.0 Å². The molecule has 6 nitrogen and oxygen atoms in total. The van der Waals surface area contributed by atoms with Gasteiger partial charge in [0.1, 0.15) is 17.3 Å². The molecule has 8 heteroatoms. The average molecular weight is 433 g/mol. The van der Waals surface area contributed by atoms with Crippen LogP contribution in [0.2, 0.25) is 0 Å². The summed E-state index contributed by atoms with van der Waals surface area (Å²) in [5, 5.41) is 12.0. The first kappa shape index (κ1) is 21.9. The van der Waals surface area contributed by atoms with Gasteiger partial charge in [-0.15, -0.1) is 0 Å². The summed E-state index contributed by atoms with van der Waals surface area (Å²) in [6.45, 7) is 7.49. The number of aromatic nitrogens is 2. The molecule has 1 aliphatic heterocycles. The molecule has 2 heterocycles. The number of piperazine rings is 1. The lowest BCUT2D eigenvalue weighted by atomic mass is 9.80. The lowest BCUT2D eigenvalue weighted by Crippen LogP contribution is -2.57. The number of nitrogens with one attached hydrogen (secondary N) is 1. The van der Waals surface area contributed by atoms with Gasteiger partial charge < -0.3 is 15.0 Å². The van der Waals surface area contributed by atoms with Crippen LogP contribution >= 0.6 is 0 Å². The predicted molar refractivity (Wildman–Crippen MR) is 114 cm³/mol. The van der Waals surface area contributed by atoms with E-state index in [2.05, 4.69) is 15.5 Å². The Bertz CT molecular complexity index is 923. The maximum atomic E-state index is 14.3. The van der Waals surface area contributed by atoms with Crippen molar-refractivity contribution >= 4 is 11.7 Å². The van der Waals surface area contributed by atoms with Crippen molar-refractivity contribution in [1.82, 2.24) is 20.4 Å². The largest absolute Gasteiger partial charge is 0.444 e.